The van der Waals surface area contributed by atoms with E-state index in [1.54, 1.807) is 60.1 Å². The fourth-order valence-electron chi connectivity index (χ4n) is 3.59. The summed E-state index contributed by atoms with van der Waals surface area (Å²) >= 11 is 0. The Balaban J connectivity index is 0.000000459. The number of para-hydroxylation sites is 3. The Morgan fingerprint density at radius 2 is 1.10 bits per heavy atom. The normalized spacial score (nSPS) is 12.6. The number of hydrogen-bond donors (Lipinski definition) is 0. The molecule has 0 aliphatic heterocycles. The number of nitrogens with zero attached hydrogens (tertiary/aromatic N) is 2. The predicted molar refractivity (Wildman–Crippen MR) is 127 cm³/mol. The van der Waals surface area contributed by atoms with E-state index in [2.05, 4.69) is 0 Å². The van der Waals surface area contributed by atoms with E-state index in [9.17, 15) is 39.6 Å². The van der Waals surface area contributed by atoms with Crippen molar-refractivity contribution in [2.24, 2.45) is 7.05 Å². The molecule has 0 aliphatic carbocycles. The van der Waals surface area contributed by atoms with Crippen LogP contribution < -0.4 is 8.87 Å². The maximum absolute atomic E-state index is 13.6. The number of hydrogen-bond acceptors (Lipinski definition) is 6. The highest BCUT2D eigenvalue weighted by atomic mass is 32.2. The number of alkyl halides is 6. The van der Waals surface area contributed by atoms with Gasteiger partial charge in [0.15, 0.2) is 10.1 Å². The zero-order valence-electron chi connectivity index (χ0n) is 19.4. The number of aromatic nitrogens is 1. The summed E-state index contributed by atoms with van der Waals surface area (Å²) in [6.45, 7) is 0. The Labute approximate surface area is 217 Å². The molecule has 1 amide bonds. The minimum absolute atomic E-state index is 0.124. The van der Waals surface area contributed by atoms with Crippen LogP contribution in [0.4, 0.5) is 32.0 Å². The Bertz CT molecular complexity index is 1700. The van der Waals surface area contributed by atoms with Gasteiger partial charge in [-0.25, -0.2) is 8.42 Å². The molecule has 0 radical (unpaired) electrons. The van der Waals surface area contributed by atoms with Crippen molar-refractivity contribution in [3.05, 3.63) is 84.4 Å². The number of halogens is 6. The lowest BCUT2D eigenvalue weighted by atomic mass is 10.0. The first-order valence-corrected chi connectivity index (χ1v) is 13.3. The number of sulfonamides is 1. The van der Waals surface area contributed by atoms with E-state index in [0.717, 1.165) is 12.1 Å². The van der Waals surface area contributed by atoms with Crippen molar-refractivity contribution in [2.45, 2.75) is 11.0 Å². The van der Waals surface area contributed by atoms with Crippen LogP contribution in [0.15, 0.2) is 78.9 Å². The SMILES string of the molecule is C[n+]1c2ccccc2c(C(=O)N(c2ccccc2)S(=O)(=O)C(F)(F)F)c2ccccc21.O=S(=O)([O-])C(F)(F)F. The molecule has 0 unspecified atom stereocenters. The molecule has 0 atom stereocenters. The summed E-state index contributed by atoms with van der Waals surface area (Å²) in [6.07, 6.45) is 0. The van der Waals surface area contributed by atoms with Crippen LogP contribution in [0.3, 0.4) is 0 Å². The predicted octanol–water partition coefficient (Wildman–Crippen LogP) is 4.37. The molecule has 0 aliphatic rings. The van der Waals surface area contributed by atoms with E-state index >= 15 is 0 Å². The summed E-state index contributed by atoms with van der Waals surface area (Å²) in [5, 5.41) is 0.680. The summed E-state index contributed by atoms with van der Waals surface area (Å²) in [4.78, 5) is 13.6. The molecular formula is C23H16F6N2O6S2. The Morgan fingerprint density at radius 3 is 1.49 bits per heavy atom. The number of carbonyl (C=O) groups is 1. The average molecular weight is 595 g/mol. The second-order valence-corrected chi connectivity index (χ2v) is 10.9. The van der Waals surface area contributed by atoms with E-state index in [4.69, 9.17) is 13.0 Å². The Kier molecular flexibility index (Phi) is 7.96. The zero-order chi connectivity index (χ0) is 29.4. The highest BCUT2D eigenvalue weighted by Gasteiger charge is 2.53. The number of aryl methyl sites for hydroxylation is 1. The number of anilines is 1. The number of amides is 1. The van der Waals surface area contributed by atoms with Crippen molar-refractivity contribution in [2.75, 3.05) is 4.31 Å². The highest BCUT2D eigenvalue weighted by molar-refractivity contribution is 7.94. The van der Waals surface area contributed by atoms with Crippen LogP contribution in [0, 0.1) is 0 Å². The van der Waals surface area contributed by atoms with Gasteiger partial charge in [0.25, 0.3) is 5.91 Å². The van der Waals surface area contributed by atoms with Crippen molar-refractivity contribution in [3.8, 4) is 0 Å². The molecule has 8 nitrogen and oxygen atoms in total. The van der Waals surface area contributed by atoms with Crippen molar-refractivity contribution < 1.29 is 57.1 Å². The standard InChI is InChI=1S/C22H16F3N2O3S.CHF3O3S/c1-26-18-13-7-5-11-16(18)20(17-12-6-8-14-19(17)26)21(28)27(15-9-3-2-4-10-15)31(29,30)22(23,24)25;2-1(3,4)8(5,6)7/h2-14H,1H3;(H,5,6,7)/q+1;/p-1. The topological polar surface area (TPSA) is 116 Å². The van der Waals surface area contributed by atoms with Gasteiger partial charge in [0.1, 0.15) is 7.05 Å². The molecule has 0 fully saturated rings. The number of carbonyl (C=O) groups excluding carboxylic acids is 1. The molecule has 0 saturated carbocycles. The number of rotatable bonds is 3. The molecule has 16 heteroatoms. The summed E-state index contributed by atoms with van der Waals surface area (Å²) in [5.74, 6) is -1.28. The lowest BCUT2D eigenvalue weighted by molar-refractivity contribution is -0.617. The first kappa shape index (κ1) is 29.8. The molecule has 1 heterocycles. The second-order valence-electron chi connectivity index (χ2n) is 7.72. The monoisotopic (exact) mass is 594 g/mol. The third-order valence-corrected chi connectivity index (χ3v) is 7.28. The van der Waals surface area contributed by atoms with Crippen molar-refractivity contribution in [3.63, 3.8) is 0 Å². The summed E-state index contributed by atoms with van der Waals surface area (Å²) in [5.41, 5.74) is -10.7. The fourth-order valence-corrected chi connectivity index (χ4v) is 4.51. The van der Waals surface area contributed by atoms with E-state index in [0.29, 0.717) is 21.8 Å². The van der Waals surface area contributed by atoms with Crippen molar-refractivity contribution >= 4 is 53.5 Å². The van der Waals surface area contributed by atoms with Crippen LogP contribution in [0.1, 0.15) is 10.4 Å². The van der Waals surface area contributed by atoms with E-state index in [1.165, 1.54) is 18.2 Å². The van der Waals surface area contributed by atoms with Gasteiger partial charge < -0.3 is 4.55 Å². The highest BCUT2D eigenvalue weighted by Crippen LogP contribution is 2.34. The van der Waals surface area contributed by atoms with Gasteiger partial charge in [-0.1, -0.05) is 42.5 Å². The average Bonchev–Trinajstić information content (AvgIpc) is 2.83. The van der Waals surface area contributed by atoms with Crippen molar-refractivity contribution in [1.82, 2.24) is 0 Å². The molecule has 1 aromatic heterocycles. The molecule has 0 N–H and O–H groups in total. The van der Waals surface area contributed by atoms with Crippen LogP contribution in [-0.2, 0) is 27.2 Å². The number of pyridine rings is 1. The van der Waals surface area contributed by atoms with Crippen molar-refractivity contribution in [1.29, 1.82) is 0 Å². The smallest absolute Gasteiger partial charge is 0.517 e. The fraction of sp³-hybridized carbons (Fsp3) is 0.130. The molecule has 3 aromatic carbocycles. The molecule has 4 rings (SSSR count). The third-order valence-electron chi connectivity index (χ3n) is 5.27. The molecule has 4 aromatic rings. The van der Waals surface area contributed by atoms with Gasteiger partial charge in [-0.2, -0.15) is 43.6 Å². The van der Waals surface area contributed by atoms with E-state index in [-0.39, 0.29) is 9.87 Å². The van der Waals surface area contributed by atoms with Gasteiger partial charge >= 0.3 is 21.0 Å². The van der Waals surface area contributed by atoms with Gasteiger partial charge in [-0.3, -0.25) is 4.79 Å². The quantitative estimate of drug-likeness (QED) is 0.114. The minimum atomic E-state index is -6.09. The van der Waals surface area contributed by atoms with Crippen LogP contribution >= 0.6 is 0 Å². The van der Waals surface area contributed by atoms with Gasteiger partial charge in [-0.05, 0) is 24.3 Å². The maximum Gasteiger partial charge on any atom is 0.517 e. The largest absolute Gasteiger partial charge is 0.741 e. The summed E-state index contributed by atoms with van der Waals surface area (Å²) in [6, 6.07) is 19.9. The minimum Gasteiger partial charge on any atom is -0.741 e. The van der Waals surface area contributed by atoms with Gasteiger partial charge in [0, 0.05) is 12.1 Å². The van der Waals surface area contributed by atoms with Gasteiger partial charge in [0.2, 0.25) is 11.0 Å². The van der Waals surface area contributed by atoms with E-state index in [1.807, 2.05) is 0 Å². The second kappa shape index (κ2) is 10.4. The zero-order valence-corrected chi connectivity index (χ0v) is 21.1. The lowest BCUT2D eigenvalue weighted by Gasteiger charge is -2.24. The van der Waals surface area contributed by atoms with Crippen LogP contribution in [0.25, 0.3) is 21.8 Å². The Hall–Kier alpha value is -3.76. The van der Waals surface area contributed by atoms with Crippen LogP contribution in [0.5, 0.6) is 0 Å². The third kappa shape index (κ3) is 5.81. The number of fused-ring (bicyclic) bond motifs is 2. The molecule has 39 heavy (non-hydrogen) atoms. The summed E-state index contributed by atoms with van der Waals surface area (Å²) in [7, 11) is -10.3. The van der Waals surface area contributed by atoms with Gasteiger partial charge in [0.05, 0.1) is 22.0 Å². The molecule has 0 spiro atoms. The molecule has 0 saturated heterocycles. The molecule has 0 bridgehead atoms. The maximum atomic E-state index is 13.6. The van der Waals surface area contributed by atoms with Crippen LogP contribution in [0.2, 0.25) is 0 Å². The molecule has 208 valence electrons. The van der Waals surface area contributed by atoms with Crippen LogP contribution in [-0.4, -0.2) is 38.3 Å². The van der Waals surface area contributed by atoms with Gasteiger partial charge in [-0.15, -0.1) is 0 Å². The first-order valence-electron chi connectivity index (χ1n) is 10.4. The lowest BCUT2D eigenvalue weighted by Crippen LogP contribution is -2.45. The Morgan fingerprint density at radius 1 is 0.718 bits per heavy atom. The molecular weight excluding hydrogens is 578 g/mol. The first-order chi connectivity index (χ1) is 17.9. The van der Waals surface area contributed by atoms with E-state index < -0.39 is 42.8 Å². The number of benzene rings is 3. The summed E-state index contributed by atoms with van der Waals surface area (Å²) < 4.78 is 126.